The van der Waals surface area contributed by atoms with Crippen LogP contribution in [0.2, 0.25) is 0 Å². The molecule has 0 saturated carbocycles. The zero-order valence-electron chi connectivity index (χ0n) is 20.2. The van der Waals surface area contributed by atoms with E-state index in [1.807, 2.05) is 12.1 Å². The lowest BCUT2D eigenvalue weighted by Gasteiger charge is -2.32. The van der Waals surface area contributed by atoms with Gasteiger partial charge in [0.05, 0.1) is 17.3 Å². The van der Waals surface area contributed by atoms with Gasteiger partial charge in [-0.2, -0.15) is 5.26 Å². The first-order chi connectivity index (χ1) is 18.2. The molecule has 38 heavy (non-hydrogen) atoms. The highest BCUT2D eigenvalue weighted by Crippen LogP contribution is 2.33. The number of alkyl halides is 3. The first-order valence-corrected chi connectivity index (χ1v) is 11.9. The van der Waals surface area contributed by atoms with Gasteiger partial charge in [-0.3, -0.25) is 10.1 Å². The number of halogens is 3. The Morgan fingerprint density at radius 3 is 2.32 bits per heavy atom. The van der Waals surface area contributed by atoms with Gasteiger partial charge in [-0.25, -0.2) is 4.79 Å². The van der Waals surface area contributed by atoms with Gasteiger partial charge in [0.15, 0.2) is 5.75 Å². The minimum atomic E-state index is -5.00. The largest absolute Gasteiger partial charge is 0.573 e. The van der Waals surface area contributed by atoms with Gasteiger partial charge in [0.1, 0.15) is 6.61 Å². The molecule has 0 aliphatic carbocycles. The molecule has 1 fully saturated rings. The first-order valence-electron chi connectivity index (χ1n) is 11.9. The fourth-order valence-electron chi connectivity index (χ4n) is 4.27. The van der Waals surface area contributed by atoms with E-state index in [4.69, 9.17) is 10.00 Å². The third-order valence-electron chi connectivity index (χ3n) is 6.20. The van der Waals surface area contributed by atoms with E-state index in [1.54, 1.807) is 47.4 Å². The number of anilines is 1. The van der Waals surface area contributed by atoms with E-state index in [0.717, 1.165) is 17.7 Å². The molecule has 0 unspecified atom stereocenters. The summed E-state index contributed by atoms with van der Waals surface area (Å²) >= 11 is 0. The van der Waals surface area contributed by atoms with Crippen molar-refractivity contribution in [2.75, 3.05) is 18.4 Å². The molecular formula is C28H24F3N3O4. The van der Waals surface area contributed by atoms with Crippen molar-refractivity contribution in [2.24, 2.45) is 0 Å². The van der Waals surface area contributed by atoms with Gasteiger partial charge in [0.2, 0.25) is 0 Å². The molecule has 0 radical (unpaired) electrons. The number of benzene rings is 3. The second kappa shape index (κ2) is 11.7. The minimum Gasteiger partial charge on any atom is -0.444 e. The van der Waals surface area contributed by atoms with Crippen molar-refractivity contribution in [3.8, 4) is 11.8 Å². The average Bonchev–Trinajstić information content (AvgIpc) is 2.92. The monoisotopic (exact) mass is 523 g/mol. The molecular weight excluding hydrogens is 499 g/mol. The second-order valence-corrected chi connectivity index (χ2v) is 8.75. The smallest absolute Gasteiger partial charge is 0.444 e. The van der Waals surface area contributed by atoms with Crippen molar-refractivity contribution < 1.29 is 32.2 Å². The van der Waals surface area contributed by atoms with Crippen LogP contribution in [0.5, 0.6) is 5.75 Å². The number of nitrogens with zero attached hydrogens (tertiary/aromatic N) is 2. The van der Waals surface area contributed by atoms with Gasteiger partial charge in [0, 0.05) is 18.7 Å². The summed E-state index contributed by atoms with van der Waals surface area (Å²) in [5.74, 6) is -0.807. The molecule has 2 amide bonds. The molecule has 10 heteroatoms. The number of ether oxygens (including phenoxy) is 2. The van der Waals surface area contributed by atoms with Gasteiger partial charge >= 0.3 is 12.5 Å². The Bertz CT molecular complexity index is 1310. The molecule has 196 valence electrons. The second-order valence-electron chi connectivity index (χ2n) is 8.75. The first kappa shape index (κ1) is 26.5. The number of piperidine rings is 1. The van der Waals surface area contributed by atoms with Crippen molar-refractivity contribution in [1.29, 1.82) is 5.26 Å². The van der Waals surface area contributed by atoms with Crippen LogP contribution >= 0.6 is 0 Å². The summed E-state index contributed by atoms with van der Waals surface area (Å²) in [6.07, 6.45) is -4.59. The third-order valence-corrected chi connectivity index (χ3v) is 6.20. The zero-order valence-corrected chi connectivity index (χ0v) is 20.2. The van der Waals surface area contributed by atoms with Crippen molar-refractivity contribution in [3.05, 3.63) is 95.1 Å². The van der Waals surface area contributed by atoms with Crippen LogP contribution in [-0.2, 0) is 11.3 Å². The molecule has 7 nitrogen and oxygen atoms in total. The van der Waals surface area contributed by atoms with Crippen molar-refractivity contribution >= 4 is 17.7 Å². The van der Waals surface area contributed by atoms with Crippen LogP contribution in [0.25, 0.3) is 0 Å². The summed E-state index contributed by atoms with van der Waals surface area (Å²) in [7, 11) is 0. The van der Waals surface area contributed by atoms with Crippen LogP contribution in [0.3, 0.4) is 0 Å². The fourth-order valence-corrected chi connectivity index (χ4v) is 4.27. The lowest BCUT2D eigenvalue weighted by molar-refractivity contribution is -0.274. The molecule has 1 aliphatic heterocycles. The summed E-state index contributed by atoms with van der Waals surface area (Å²) in [6, 6.07) is 21.6. The summed E-state index contributed by atoms with van der Waals surface area (Å²) in [5, 5.41) is 11.2. The third kappa shape index (κ3) is 7.03. The highest BCUT2D eigenvalue weighted by atomic mass is 19.4. The molecule has 3 aromatic carbocycles. The summed E-state index contributed by atoms with van der Waals surface area (Å²) < 4.78 is 48.0. The number of hydrogen-bond donors (Lipinski definition) is 1. The van der Waals surface area contributed by atoms with Crippen LogP contribution in [-0.4, -0.2) is 36.4 Å². The van der Waals surface area contributed by atoms with Crippen molar-refractivity contribution in [3.63, 3.8) is 0 Å². The molecule has 0 spiro atoms. The summed E-state index contributed by atoms with van der Waals surface area (Å²) in [4.78, 5) is 27.1. The van der Waals surface area contributed by atoms with Crippen LogP contribution in [0.15, 0.2) is 72.8 Å². The quantitative estimate of drug-likeness (QED) is 0.414. The Kier molecular flexibility index (Phi) is 8.16. The highest BCUT2D eigenvalue weighted by molar-refractivity contribution is 5.97. The Hall–Kier alpha value is -4.52. The van der Waals surface area contributed by atoms with E-state index in [0.29, 0.717) is 37.1 Å². The van der Waals surface area contributed by atoms with E-state index < -0.39 is 18.2 Å². The number of carbonyl (C=O) groups excluding carboxylic acids is 2. The number of likely N-dealkylation sites (tertiary alicyclic amines) is 1. The Morgan fingerprint density at radius 1 is 1.00 bits per heavy atom. The molecule has 1 saturated heterocycles. The topological polar surface area (TPSA) is 91.7 Å². The van der Waals surface area contributed by atoms with Crippen molar-refractivity contribution in [1.82, 2.24) is 4.90 Å². The normalized spacial score (nSPS) is 13.9. The Morgan fingerprint density at radius 2 is 1.68 bits per heavy atom. The molecule has 0 bridgehead atoms. The number of hydrogen-bond acceptors (Lipinski definition) is 5. The van der Waals surface area contributed by atoms with Crippen molar-refractivity contribution in [2.45, 2.75) is 31.7 Å². The van der Waals surface area contributed by atoms with E-state index in [1.165, 1.54) is 6.07 Å². The molecule has 1 N–H and O–H groups in total. The predicted molar refractivity (Wildman–Crippen MR) is 132 cm³/mol. The number of amides is 2. The van der Waals surface area contributed by atoms with Gasteiger partial charge in [0.25, 0.3) is 5.91 Å². The van der Waals surface area contributed by atoms with E-state index in [-0.39, 0.29) is 29.7 Å². The van der Waals surface area contributed by atoms with Gasteiger partial charge < -0.3 is 14.4 Å². The molecule has 0 aromatic heterocycles. The standard InChI is InChI=1S/C28H24F3N3O4/c29-28(30,31)38-25-11-10-23(16-24(25)33-27(36)37-18-20-4-2-1-3-5-20)26(35)34-14-12-22(13-15-34)21-8-6-19(17-32)7-9-21/h1-11,16,22H,12-15,18H2,(H,33,36). The lowest BCUT2D eigenvalue weighted by atomic mass is 9.89. The van der Waals surface area contributed by atoms with Gasteiger partial charge in [-0.05, 0) is 60.2 Å². The summed E-state index contributed by atoms with van der Waals surface area (Å²) in [5.41, 5.74) is 2.13. The van der Waals surface area contributed by atoms with Crippen LogP contribution in [0.4, 0.5) is 23.7 Å². The maximum absolute atomic E-state index is 13.2. The number of nitriles is 1. The van der Waals surface area contributed by atoms with Gasteiger partial charge in [-0.15, -0.1) is 13.2 Å². The predicted octanol–water partition coefficient (Wildman–Crippen LogP) is 6.23. The zero-order chi connectivity index (χ0) is 27.1. The average molecular weight is 524 g/mol. The van der Waals surface area contributed by atoms with E-state index >= 15 is 0 Å². The Balaban J connectivity index is 1.44. The molecule has 4 rings (SSSR count). The minimum absolute atomic E-state index is 0.0884. The van der Waals surface area contributed by atoms with Gasteiger partial charge in [-0.1, -0.05) is 42.5 Å². The number of rotatable bonds is 6. The van der Waals surface area contributed by atoms with E-state index in [2.05, 4.69) is 16.1 Å². The SMILES string of the molecule is N#Cc1ccc(C2CCN(C(=O)c3ccc(OC(F)(F)F)c(NC(=O)OCc4ccccc4)c3)CC2)cc1. The van der Waals surface area contributed by atoms with Crippen LogP contribution in [0.1, 0.15) is 45.8 Å². The fraction of sp³-hybridized carbons (Fsp3) is 0.250. The maximum atomic E-state index is 13.2. The lowest BCUT2D eigenvalue weighted by Crippen LogP contribution is -2.38. The van der Waals surface area contributed by atoms with Crippen LogP contribution < -0.4 is 10.1 Å². The van der Waals surface area contributed by atoms with Crippen LogP contribution in [0, 0.1) is 11.3 Å². The summed E-state index contributed by atoms with van der Waals surface area (Å²) in [6.45, 7) is 0.813. The molecule has 1 aliphatic rings. The maximum Gasteiger partial charge on any atom is 0.573 e. The van der Waals surface area contributed by atoms with E-state index in [9.17, 15) is 22.8 Å². The molecule has 3 aromatic rings. The number of nitrogens with one attached hydrogen (secondary N) is 1. The highest BCUT2D eigenvalue weighted by Gasteiger charge is 2.33. The Labute approximate surface area is 217 Å². The molecule has 0 atom stereocenters. The molecule has 1 heterocycles. The number of carbonyl (C=O) groups is 2.